The Balaban J connectivity index is 1.25. The molecule has 2 unspecified atom stereocenters. The highest BCUT2D eigenvalue weighted by Gasteiger charge is 2.38. The van der Waals surface area contributed by atoms with Gasteiger partial charge in [-0.15, -0.1) is 0 Å². The number of benzene rings is 6. The summed E-state index contributed by atoms with van der Waals surface area (Å²) in [5.74, 6) is 2.28. The minimum atomic E-state index is 0.197. The van der Waals surface area contributed by atoms with Crippen LogP contribution in [0.2, 0.25) is 0 Å². The maximum absolute atomic E-state index is 5.06. The lowest BCUT2D eigenvalue weighted by Crippen LogP contribution is -2.28. The van der Waals surface area contributed by atoms with E-state index in [-0.39, 0.29) is 6.04 Å². The van der Waals surface area contributed by atoms with Crippen molar-refractivity contribution in [2.45, 2.75) is 12.0 Å². The Kier molecular flexibility index (Phi) is 5.91. The molecule has 45 heavy (non-hydrogen) atoms. The number of allylic oxidation sites excluding steroid dienone is 2. The van der Waals surface area contributed by atoms with E-state index in [1.165, 1.54) is 33.1 Å². The number of nitrogens with zero attached hydrogens (tertiary/aromatic N) is 4. The van der Waals surface area contributed by atoms with Crippen LogP contribution in [-0.4, -0.2) is 21.0 Å². The predicted molar refractivity (Wildman–Crippen MR) is 185 cm³/mol. The molecule has 0 spiro atoms. The summed E-state index contributed by atoms with van der Waals surface area (Å²) < 4.78 is 0. The topological polar surface area (TPSA) is 41.9 Å². The lowest BCUT2D eigenvalue weighted by Gasteiger charge is -2.30. The Labute approximate surface area is 261 Å². The fourth-order valence-corrected chi connectivity index (χ4v) is 6.92. The fraction of sp³-hybridized carbons (Fsp3) is 0.0488. The van der Waals surface area contributed by atoms with Crippen LogP contribution in [0.5, 0.6) is 0 Å². The molecule has 2 aliphatic rings. The molecular formula is C41H28N4. The summed E-state index contributed by atoms with van der Waals surface area (Å²) in [7, 11) is 0. The molecule has 1 aromatic heterocycles. The van der Waals surface area contributed by atoms with Crippen LogP contribution < -0.4 is 4.90 Å². The van der Waals surface area contributed by atoms with Gasteiger partial charge in [0.05, 0.1) is 6.04 Å². The molecule has 4 nitrogen and oxygen atoms in total. The molecule has 7 aromatic rings. The van der Waals surface area contributed by atoms with Gasteiger partial charge in [-0.2, -0.15) is 0 Å². The van der Waals surface area contributed by atoms with E-state index in [0.717, 1.165) is 22.1 Å². The summed E-state index contributed by atoms with van der Waals surface area (Å²) >= 11 is 0. The number of anilines is 2. The van der Waals surface area contributed by atoms with Gasteiger partial charge in [0.25, 0.3) is 0 Å². The molecular weight excluding hydrogens is 548 g/mol. The Hall–Kier alpha value is -5.87. The minimum absolute atomic E-state index is 0.197. The largest absolute Gasteiger partial charge is 0.333 e. The summed E-state index contributed by atoms with van der Waals surface area (Å²) in [5.41, 5.74) is 6.71. The van der Waals surface area contributed by atoms with Gasteiger partial charge in [-0.05, 0) is 46.0 Å². The van der Waals surface area contributed by atoms with Crippen LogP contribution in [0.3, 0.4) is 0 Å². The molecule has 0 bridgehead atoms. The molecule has 1 aliphatic heterocycles. The number of aromatic nitrogens is 3. The molecule has 1 aliphatic carbocycles. The van der Waals surface area contributed by atoms with Gasteiger partial charge < -0.3 is 4.90 Å². The first kappa shape index (κ1) is 25.6. The van der Waals surface area contributed by atoms with Crippen molar-refractivity contribution in [3.8, 4) is 34.2 Å². The van der Waals surface area contributed by atoms with Crippen LogP contribution in [0, 0.1) is 0 Å². The van der Waals surface area contributed by atoms with Crippen molar-refractivity contribution in [3.63, 3.8) is 0 Å². The van der Waals surface area contributed by atoms with Crippen molar-refractivity contribution < 1.29 is 0 Å². The Morgan fingerprint density at radius 2 is 1.04 bits per heavy atom. The predicted octanol–water partition coefficient (Wildman–Crippen LogP) is 9.91. The highest BCUT2D eigenvalue weighted by Crippen LogP contribution is 2.51. The summed E-state index contributed by atoms with van der Waals surface area (Å²) in [6.07, 6.45) is 9.04. The van der Waals surface area contributed by atoms with E-state index in [9.17, 15) is 0 Å². The molecule has 2 atom stereocenters. The van der Waals surface area contributed by atoms with Crippen molar-refractivity contribution in [2.75, 3.05) is 4.90 Å². The first-order chi connectivity index (χ1) is 22.3. The highest BCUT2D eigenvalue weighted by atomic mass is 15.2. The zero-order valence-corrected chi connectivity index (χ0v) is 24.5. The second kappa shape index (κ2) is 10.4. The van der Waals surface area contributed by atoms with Gasteiger partial charge in [0.1, 0.15) is 0 Å². The van der Waals surface area contributed by atoms with Crippen LogP contribution in [0.15, 0.2) is 158 Å². The monoisotopic (exact) mass is 576 g/mol. The first-order valence-electron chi connectivity index (χ1n) is 15.4. The van der Waals surface area contributed by atoms with Gasteiger partial charge in [-0.1, -0.05) is 133 Å². The maximum atomic E-state index is 5.06. The third kappa shape index (κ3) is 4.26. The van der Waals surface area contributed by atoms with Gasteiger partial charge in [0, 0.05) is 39.4 Å². The van der Waals surface area contributed by atoms with Crippen LogP contribution >= 0.6 is 0 Å². The second-order valence-electron chi connectivity index (χ2n) is 11.6. The maximum Gasteiger partial charge on any atom is 0.164 e. The van der Waals surface area contributed by atoms with Crippen molar-refractivity contribution in [2.24, 2.45) is 0 Å². The fourth-order valence-electron chi connectivity index (χ4n) is 6.92. The number of fused-ring (bicyclic) bond motifs is 5. The summed E-state index contributed by atoms with van der Waals surface area (Å²) in [6, 6.07) is 47.0. The van der Waals surface area contributed by atoms with Crippen LogP contribution in [-0.2, 0) is 0 Å². The van der Waals surface area contributed by atoms with E-state index < -0.39 is 0 Å². The zero-order chi connectivity index (χ0) is 29.7. The van der Waals surface area contributed by atoms with Gasteiger partial charge in [-0.3, -0.25) is 0 Å². The van der Waals surface area contributed by atoms with Gasteiger partial charge in [0.2, 0.25) is 0 Å². The van der Waals surface area contributed by atoms with Gasteiger partial charge >= 0.3 is 0 Å². The molecule has 9 rings (SSSR count). The van der Waals surface area contributed by atoms with E-state index >= 15 is 0 Å². The lowest BCUT2D eigenvalue weighted by atomic mass is 9.90. The quantitative estimate of drug-likeness (QED) is 0.209. The van der Waals surface area contributed by atoms with Gasteiger partial charge in [-0.25, -0.2) is 15.0 Å². The van der Waals surface area contributed by atoms with Crippen LogP contribution in [0.1, 0.15) is 11.5 Å². The summed E-state index contributed by atoms with van der Waals surface area (Å²) in [6.45, 7) is 0. The Morgan fingerprint density at radius 3 is 1.76 bits per heavy atom. The Bertz CT molecular complexity index is 2230. The molecule has 6 aromatic carbocycles. The van der Waals surface area contributed by atoms with E-state index in [1.54, 1.807) is 0 Å². The number of hydrogen-bond acceptors (Lipinski definition) is 4. The third-order valence-corrected chi connectivity index (χ3v) is 9.02. The smallest absolute Gasteiger partial charge is 0.164 e. The van der Waals surface area contributed by atoms with Gasteiger partial charge in [0.15, 0.2) is 17.5 Å². The van der Waals surface area contributed by atoms with Crippen molar-refractivity contribution in [1.29, 1.82) is 0 Å². The summed E-state index contributed by atoms with van der Waals surface area (Å²) in [4.78, 5) is 17.5. The molecule has 2 heterocycles. The normalized spacial score (nSPS) is 16.7. The molecule has 0 saturated heterocycles. The number of hydrogen-bond donors (Lipinski definition) is 0. The van der Waals surface area contributed by atoms with Crippen molar-refractivity contribution in [3.05, 3.63) is 163 Å². The van der Waals surface area contributed by atoms with Crippen molar-refractivity contribution >= 4 is 32.9 Å². The van der Waals surface area contributed by atoms with Crippen LogP contribution in [0.25, 0.3) is 55.7 Å². The van der Waals surface area contributed by atoms with E-state index in [1.807, 2.05) is 60.7 Å². The average Bonchev–Trinajstić information content (AvgIpc) is 3.43. The molecule has 212 valence electrons. The lowest BCUT2D eigenvalue weighted by molar-refractivity contribution is 0.746. The average molecular weight is 577 g/mol. The standard InChI is InChI=1S/C41H28N4/c1-3-13-27(14-4-1)39-42-40(28-15-5-2-6-16-28)44-41(43-39)34-23-24-37(32-20-10-9-19-31(32)34)45-36-22-12-11-21-33(36)35-25-29-17-7-8-18-30(29)26-38(35)45/h1-26,33,36H. The minimum Gasteiger partial charge on any atom is -0.333 e. The first-order valence-corrected chi connectivity index (χ1v) is 15.4. The van der Waals surface area contributed by atoms with Crippen molar-refractivity contribution in [1.82, 2.24) is 15.0 Å². The Morgan fingerprint density at radius 1 is 0.467 bits per heavy atom. The molecule has 0 fully saturated rings. The third-order valence-electron chi connectivity index (χ3n) is 9.02. The van der Waals surface area contributed by atoms with E-state index in [4.69, 9.17) is 15.0 Å². The SMILES string of the molecule is C1=CC2c3cc4ccccc4cc3N(c3ccc(-c4nc(-c5ccccc5)nc(-c5ccccc5)n4)c4ccccc34)C2C=C1. The molecule has 0 N–H and O–H groups in total. The number of rotatable bonds is 4. The van der Waals surface area contributed by atoms with E-state index in [0.29, 0.717) is 23.4 Å². The summed E-state index contributed by atoms with van der Waals surface area (Å²) in [5, 5.41) is 4.81. The van der Waals surface area contributed by atoms with E-state index in [2.05, 4.69) is 102 Å². The molecule has 0 amide bonds. The molecule has 0 saturated carbocycles. The zero-order valence-electron chi connectivity index (χ0n) is 24.5. The van der Waals surface area contributed by atoms with Crippen LogP contribution in [0.4, 0.5) is 11.4 Å². The molecule has 0 radical (unpaired) electrons. The second-order valence-corrected chi connectivity index (χ2v) is 11.6. The highest BCUT2D eigenvalue weighted by molar-refractivity contribution is 6.05. The molecule has 4 heteroatoms.